The second kappa shape index (κ2) is 6.18. The van der Waals surface area contributed by atoms with Crippen LogP contribution in [0.15, 0.2) is 28.7 Å². The van der Waals surface area contributed by atoms with Gasteiger partial charge in [-0.25, -0.2) is 0 Å². The van der Waals surface area contributed by atoms with Crippen LogP contribution in [0, 0.1) is 6.92 Å². The summed E-state index contributed by atoms with van der Waals surface area (Å²) in [6.45, 7) is 2.49. The first-order valence-electron chi connectivity index (χ1n) is 7.68. The molecule has 0 saturated carbocycles. The Kier molecular flexibility index (Phi) is 4.35. The predicted octanol–water partition coefficient (Wildman–Crippen LogP) is 2.93. The molecule has 2 aromatic rings. The zero-order chi connectivity index (χ0) is 17.4. The molecule has 8 heteroatoms. The van der Waals surface area contributed by atoms with E-state index < -0.39 is 11.8 Å². The fourth-order valence-corrected chi connectivity index (χ4v) is 2.69. The number of rotatable bonds is 3. The molecule has 0 spiro atoms. The number of aryl methyl sites for hydroxylation is 1. The van der Waals surface area contributed by atoms with E-state index in [1.807, 2.05) is 31.2 Å². The molecule has 1 aliphatic rings. The van der Waals surface area contributed by atoms with E-state index in [1.54, 1.807) is 4.90 Å². The molecule has 0 aliphatic carbocycles. The lowest BCUT2D eigenvalue weighted by Gasteiger charge is -2.38. The van der Waals surface area contributed by atoms with Gasteiger partial charge in [0, 0.05) is 18.7 Å². The molecule has 0 atom stereocenters. The predicted molar refractivity (Wildman–Crippen MR) is 80.0 cm³/mol. The van der Waals surface area contributed by atoms with Gasteiger partial charge in [-0.3, -0.25) is 4.90 Å². The van der Waals surface area contributed by atoms with Crippen molar-refractivity contribution in [1.82, 2.24) is 15.1 Å². The smallest absolute Gasteiger partial charge is 0.417 e. The van der Waals surface area contributed by atoms with Crippen molar-refractivity contribution >= 4 is 0 Å². The number of hydrogen-bond acceptors (Lipinski definition) is 5. The van der Waals surface area contributed by atoms with Crippen molar-refractivity contribution in [3.05, 3.63) is 35.7 Å². The third kappa shape index (κ3) is 3.44. The van der Waals surface area contributed by atoms with Crippen LogP contribution in [0.2, 0.25) is 0 Å². The number of hydrogen-bond donors (Lipinski definition) is 1. The van der Waals surface area contributed by atoms with Crippen LogP contribution >= 0.6 is 0 Å². The standard InChI is InChI=1S/C16H18F3N3O2/c1-11-2-4-12(5-3-11)14-21-20-13(24-14)10-22-8-6-15(23,7-9-22)16(17,18)19/h2-5,23H,6-10H2,1H3. The van der Waals surface area contributed by atoms with Gasteiger partial charge in [0.25, 0.3) is 0 Å². The third-order valence-corrected chi connectivity index (χ3v) is 4.34. The summed E-state index contributed by atoms with van der Waals surface area (Å²) in [5.41, 5.74) is -0.681. The van der Waals surface area contributed by atoms with Gasteiger partial charge in [-0.1, -0.05) is 17.7 Å². The van der Waals surface area contributed by atoms with E-state index in [1.165, 1.54) is 0 Å². The van der Waals surface area contributed by atoms with Gasteiger partial charge < -0.3 is 9.52 Å². The number of likely N-dealkylation sites (tertiary alicyclic amines) is 1. The van der Waals surface area contributed by atoms with Crippen LogP contribution in [-0.4, -0.2) is 45.1 Å². The molecular formula is C16H18F3N3O2. The maximum absolute atomic E-state index is 12.8. The molecule has 1 aromatic carbocycles. The van der Waals surface area contributed by atoms with E-state index in [-0.39, 0.29) is 32.5 Å². The van der Waals surface area contributed by atoms with Crippen LogP contribution in [0.5, 0.6) is 0 Å². The zero-order valence-electron chi connectivity index (χ0n) is 13.2. The first-order valence-corrected chi connectivity index (χ1v) is 7.68. The Morgan fingerprint density at radius 3 is 2.38 bits per heavy atom. The van der Waals surface area contributed by atoms with Crippen LogP contribution in [0.1, 0.15) is 24.3 Å². The SMILES string of the molecule is Cc1ccc(-c2nnc(CN3CCC(O)(C(F)(F)F)CC3)o2)cc1. The number of piperidine rings is 1. The van der Waals surface area contributed by atoms with Gasteiger partial charge in [-0.15, -0.1) is 10.2 Å². The highest BCUT2D eigenvalue weighted by Crippen LogP contribution is 2.38. The second-order valence-corrected chi connectivity index (χ2v) is 6.17. The van der Waals surface area contributed by atoms with E-state index in [2.05, 4.69) is 10.2 Å². The summed E-state index contributed by atoms with van der Waals surface area (Å²) in [6.07, 6.45) is -5.30. The average molecular weight is 341 g/mol. The van der Waals surface area contributed by atoms with E-state index >= 15 is 0 Å². The molecule has 1 aromatic heterocycles. The normalized spacial score (nSPS) is 18.7. The molecule has 2 heterocycles. The Hall–Kier alpha value is -1.93. The molecule has 1 aliphatic heterocycles. The van der Waals surface area contributed by atoms with Gasteiger partial charge in [0.2, 0.25) is 11.8 Å². The average Bonchev–Trinajstić information content (AvgIpc) is 2.98. The topological polar surface area (TPSA) is 62.4 Å². The summed E-state index contributed by atoms with van der Waals surface area (Å²) >= 11 is 0. The summed E-state index contributed by atoms with van der Waals surface area (Å²) in [5, 5.41) is 17.6. The van der Waals surface area contributed by atoms with Gasteiger partial charge in [0.15, 0.2) is 5.60 Å². The number of aliphatic hydroxyl groups is 1. The highest BCUT2D eigenvalue weighted by Gasteiger charge is 2.54. The Morgan fingerprint density at radius 2 is 1.79 bits per heavy atom. The van der Waals surface area contributed by atoms with Gasteiger partial charge in [-0.05, 0) is 31.9 Å². The summed E-state index contributed by atoms with van der Waals surface area (Å²) in [7, 11) is 0. The maximum atomic E-state index is 12.8. The fourth-order valence-electron chi connectivity index (χ4n) is 2.69. The summed E-state index contributed by atoms with van der Waals surface area (Å²) in [4.78, 5) is 1.77. The lowest BCUT2D eigenvalue weighted by atomic mass is 9.91. The zero-order valence-corrected chi connectivity index (χ0v) is 13.2. The highest BCUT2D eigenvalue weighted by molar-refractivity contribution is 5.52. The number of halogens is 3. The Balaban J connectivity index is 1.61. The molecule has 1 saturated heterocycles. The Bertz CT molecular complexity index is 689. The van der Waals surface area contributed by atoms with Crippen molar-refractivity contribution in [2.45, 2.75) is 38.1 Å². The van der Waals surface area contributed by atoms with E-state index in [4.69, 9.17) is 4.42 Å². The molecule has 130 valence electrons. The van der Waals surface area contributed by atoms with E-state index in [9.17, 15) is 18.3 Å². The van der Waals surface area contributed by atoms with Crippen molar-refractivity contribution in [2.75, 3.05) is 13.1 Å². The van der Waals surface area contributed by atoms with Gasteiger partial charge in [-0.2, -0.15) is 13.2 Å². The van der Waals surface area contributed by atoms with E-state index in [0.29, 0.717) is 11.8 Å². The van der Waals surface area contributed by atoms with Crippen molar-refractivity contribution in [1.29, 1.82) is 0 Å². The van der Waals surface area contributed by atoms with Crippen molar-refractivity contribution in [3.8, 4) is 11.5 Å². The van der Waals surface area contributed by atoms with Crippen molar-refractivity contribution < 1.29 is 22.7 Å². The van der Waals surface area contributed by atoms with Gasteiger partial charge in [0.05, 0.1) is 6.54 Å². The molecule has 1 fully saturated rings. The molecule has 24 heavy (non-hydrogen) atoms. The van der Waals surface area contributed by atoms with Crippen LogP contribution in [0.4, 0.5) is 13.2 Å². The van der Waals surface area contributed by atoms with Crippen molar-refractivity contribution in [3.63, 3.8) is 0 Å². The van der Waals surface area contributed by atoms with Gasteiger partial charge >= 0.3 is 6.18 Å². The lowest BCUT2D eigenvalue weighted by Crippen LogP contribution is -2.53. The largest absolute Gasteiger partial charge is 0.419 e. The van der Waals surface area contributed by atoms with Crippen LogP contribution in [0.25, 0.3) is 11.5 Å². The minimum atomic E-state index is -4.60. The molecule has 1 N–H and O–H groups in total. The minimum absolute atomic E-state index is 0.123. The first-order chi connectivity index (χ1) is 11.3. The Morgan fingerprint density at radius 1 is 1.17 bits per heavy atom. The van der Waals surface area contributed by atoms with Crippen LogP contribution in [-0.2, 0) is 6.54 Å². The monoisotopic (exact) mass is 341 g/mol. The maximum Gasteiger partial charge on any atom is 0.417 e. The number of nitrogens with zero attached hydrogens (tertiary/aromatic N) is 3. The van der Waals surface area contributed by atoms with Crippen molar-refractivity contribution in [2.24, 2.45) is 0 Å². The number of alkyl halides is 3. The number of benzene rings is 1. The highest BCUT2D eigenvalue weighted by atomic mass is 19.4. The van der Waals surface area contributed by atoms with Crippen LogP contribution in [0.3, 0.4) is 0 Å². The second-order valence-electron chi connectivity index (χ2n) is 6.17. The molecule has 0 bridgehead atoms. The fraction of sp³-hybridized carbons (Fsp3) is 0.500. The molecular weight excluding hydrogens is 323 g/mol. The Labute approximate surface area is 137 Å². The summed E-state index contributed by atoms with van der Waals surface area (Å²) in [6, 6.07) is 7.61. The minimum Gasteiger partial charge on any atom is -0.419 e. The molecule has 0 amide bonds. The number of aromatic nitrogens is 2. The van der Waals surface area contributed by atoms with E-state index in [0.717, 1.165) is 11.1 Å². The van der Waals surface area contributed by atoms with Crippen LogP contribution < -0.4 is 0 Å². The molecule has 3 rings (SSSR count). The van der Waals surface area contributed by atoms with Gasteiger partial charge in [0.1, 0.15) is 0 Å². The summed E-state index contributed by atoms with van der Waals surface area (Å²) < 4.78 is 44.0. The molecule has 5 nitrogen and oxygen atoms in total. The first kappa shape index (κ1) is 16.9. The summed E-state index contributed by atoms with van der Waals surface area (Å²) in [5.74, 6) is 0.733. The lowest BCUT2D eigenvalue weighted by molar-refractivity contribution is -0.273. The third-order valence-electron chi connectivity index (χ3n) is 4.34. The molecule has 0 radical (unpaired) electrons. The molecule has 0 unspecified atom stereocenters. The quantitative estimate of drug-likeness (QED) is 0.930.